The highest BCUT2D eigenvalue weighted by molar-refractivity contribution is 5.69. The predicted molar refractivity (Wildman–Crippen MR) is 133 cm³/mol. The Balaban J connectivity index is 2.11. The Morgan fingerprint density at radius 1 is 0.562 bits per heavy atom. The molecule has 0 aliphatic heterocycles. The van der Waals surface area contributed by atoms with Gasteiger partial charge in [-0.05, 0) is 37.5 Å². The number of rotatable bonds is 20. The van der Waals surface area contributed by atoms with Gasteiger partial charge in [-0.15, -0.1) is 0 Å². The van der Waals surface area contributed by atoms with E-state index in [0.717, 1.165) is 38.5 Å². The second-order valence-corrected chi connectivity index (χ2v) is 9.91. The number of hydrogen-bond acceptors (Lipinski definition) is 4. The topological polar surface area (TPSA) is 52.6 Å². The molecule has 1 fully saturated rings. The van der Waals surface area contributed by atoms with Crippen molar-refractivity contribution < 1.29 is 19.1 Å². The van der Waals surface area contributed by atoms with E-state index in [0.29, 0.717) is 37.9 Å². The molecule has 0 spiro atoms. The van der Waals surface area contributed by atoms with Crippen molar-refractivity contribution in [2.45, 2.75) is 142 Å². The summed E-state index contributed by atoms with van der Waals surface area (Å²) in [6, 6.07) is 0. The van der Waals surface area contributed by atoms with Gasteiger partial charge in [-0.1, -0.05) is 104 Å². The summed E-state index contributed by atoms with van der Waals surface area (Å²) in [4.78, 5) is 24.2. The van der Waals surface area contributed by atoms with E-state index in [-0.39, 0.29) is 11.9 Å². The lowest BCUT2D eigenvalue weighted by molar-refractivity contribution is -0.150. The molecule has 4 nitrogen and oxygen atoms in total. The average Bonchev–Trinajstić information content (AvgIpc) is 2.80. The third-order valence-electron chi connectivity index (χ3n) is 6.95. The van der Waals surface area contributed by atoms with Crippen molar-refractivity contribution in [2.75, 3.05) is 13.2 Å². The van der Waals surface area contributed by atoms with Crippen LogP contribution in [-0.2, 0) is 19.1 Å². The number of hydrogen-bond donors (Lipinski definition) is 0. The Labute approximate surface area is 198 Å². The van der Waals surface area contributed by atoms with Crippen molar-refractivity contribution in [3.8, 4) is 0 Å². The fraction of sp³-hybridized carbons (Fsp3) is 0.929. The third kappa shape index (κ3) is 15.7. The molecule has 1 rings (SSSR count). The maximum absolute atomic E-state index is 12.1. The van der Waals surface area contributed by atoms with Crippen LogP contribution in [0, 0.1) is 11.8 Å². The number of ether oxygens (including phenoxy) is 2. The van der Waals surface area contributed by atoms with Gasteiger partial charge in [0.15, 0.2) is 0 Å². The monoisotopic (exact) mass is 452 g/mol. The van der Waals surface area contributed by atoms with Gasteiger partial charge in [-0.2, -0.15) is 0 Å². The van der Waals surface area contributed by atoms with Crippen LogP contribution in [0.5, 0.6) is 0 Å². The van der Waals surface area contributed by atoms with E-state index in [1.165, 1.54) is 77.0 Å². The highest BCUT2D eigenvalue weighted by Crippen LogP contribution is 2.31. The molecular formula is C28H52O4. The first-order valence-electron chi connectivity index (χ1n) is 14.0. The Hall–Kier alpha value is -1.06. The van der Waals surface area contributed by atoms with Crippen molar-refractivity contribution in [1.29, 1.82) is 0 Å². The molecule has 0 heterocycles. The Bertz CT molecular complexity index is 420. The fourth-order valence-electron chi connectivity index (χ4n) is 4.72. The van der Waals surface area contributed by atoms with Crippen LogP contribution in [0.4, 0.5) is 0 Å². The number of unbranched alkanes of at least 4 members (excludes halogenated alkanes) is 12. The van der Waals surface area contributed by atoms with E-state index in [1.807, 2.05) is 0 Å². The van der Waals surface area contributed by atoms with Gasteiger partial charge in [0.2, 0.25) is 0 Å². The highest BCUT2D eigenvalue weighted by atomic mass is 16.5. The van der Waals surface area contributed by atoms with Gasteiger partial charge in [0, 0.05) is 12.8 Å². The van der Waals surface area contributed by atoms with Crippen molar-refractivity contribution in [3.63, 3.8) is 0 Å². The van der Waals surface area contributed by atoms with E-state index in [2.05, 4.69) is 13.8 Å². The van der Waals surface area contributed by atoms with Crippen LogP contribution in [0.25, 0.3) is 0 Å². The first kappa shape index (κ1) is 29.0. The molecule has 0 N–H and O–H groups in total. The average molecular weight is 453 g/mol. The summed E-state index contributed by atoms with van der Waals surface area (Å²) in [5, 5.41) is 0. The molecule has 0 radical (unpaired) electrons. The first-order valence-corrected chi connectivity index (χ1v) is 14.0. The second-order valence-electron chi connectivity index (χ2n) is 9.91. The van der Waals surface area contributed by atoms with Gasteiger partial charge in [-0.25, -0.2) is 0 Å². The van der Waals surface area contributed by atoms with Crippen molar-refractivity contribution in [2.24, 2.45) is 11.8 Å². The highest BCUT2D eigenvalue weighted by Gasteiger charge is 2.27. The van der Waals surface area contributed by atoms with Gasteiger partial charge in [0.25, 0.3) is 0 Å². The molecule has 32 heavy (non-hydrogen) atoms. The number of esters is 2. The molecule has 0 saturated heterocycles. The van der Waals surface area contributed by atoms with Crippen molar-refractivity contribution >= 4 is 11.9 Å². The minimum Gasteiger partial charge on any atom is -0.465 e. The summed E-state index contributed by atoms with van der Waals surface area (Å²) < 4.78 is 11.2. The Morgan fingerprint density at radius 2 is 0.906 bits per heavy atom. The molecule has 0 amide bonds. The normalized spacial score (nSPS) is 18.4. The zero-order valence-corrected chi connectivity index (χ0v) is 21.3. The quantitative estimate of drug-likeness (QED) is 0.138. The van der Waals surface area contributed by atoms with Crippen LogP contribution >= 0.6 is 0 Å². The summed E-state index contributed by atoms with van der Waals surface area (Å²) in [6.45, 7) is 5.45. The van der Waals surface area contributed by atoms with E-state index in [1.54, 1.807) is 0 Å². The molecule has 188 valence electrons. The smallest absolute Gasteiger partial charge is 0.305 e. The molecule has 1 aliphatic rings. The van der Waals surface area contributed by atoms with Gasteiger partial charge in [0.05, 0.1) is 13.2 Å². The molecule has 2 unspecified atom stereocenters. The van der Waals surface area contributed by atoms with Crippen LogP contribution in [0.3, 0.4) is 0 Å². The van der Waals surface area contributed by atoms with Crippen LogP contribution < -0.4 is 0 Å². The molecule has 0 aromatic carbocycles. The van der Waals surface area contributed by atoms with Crippen molar-refractivity contribution in [3.05, 3.63) is 0 Å². The molecule has 1 aliphatic carbocycles. The SMILES string of the molecule is CCCCCCCCCC(=O)OCC1CCCCC1COC(=O)CCCCCCCCC. The van der Waals surface area contributed by atoms with Gasteiger partial charge in [0.1, 0.15) is 0 Å². The zero-order valence-electron chi connectivity index (χ0n) is 21.3. The number of carbonyl (C=O) groups excluding carboxylic acids is 2. The van der Waals surface area contributed by atoms with E-state index in [9.17, 15) is 9.59 Å². The third-order valence-corrected chi connectivity index (χ3v) is 6.95. The summed E-state index contributed by atoms with van der Waals surface area (Å²) in [5.74, 6) is 0.568. The largest absolute Gasteiger partial charge is 0.465 e. The summed E-state index contributed by atoms with van der Waals surface area (Å²) >= 11 is 0. The molecule has 4 heteroatoms. The van der Waals surface area contributed by atoms with Crippen LogP contribution in [0.15, 0.2) is 0 Å². The molecule has 1 saturated carbocycles. The molecule has 0 aromatic heterocycles. The van der Waals surface area contributed by atoms with Crippen LogP contribution in [0.1, 0.15) is 142 Å². The van der Waals surface area contributed by atoms with Crippen molar-refractivity contribution in [1.82, 2.24) is 0 Å². The summed E-state index contributed by atoms with van der Waals surface area (Å²) in [5.41, 5.74) is 0. The summed E-state index contributed by atoms with van der Waals surface area (Å²) in [6.07, 6.45) is 22.5. The Kier molecular flexibility index (Phi) is 18.6. The molecule has 0 aromatic rings. The lowest BCUT2D eigenvalue weighted by Gasteiger charge is -2.30. The molecule has 2 atom stereocenters. The van der Waals surface area contributed by atoms with Crippen LogP contribution in [0.2, 0.25) is 0 Å². The Morgan fingerprint density at radius 3 is 1.28 bits per heavy atom. The maximum atomic E-state index is 12.1. The minimum atomic E-state index is -0.0567. The van der Waals surface area contributed by atoms with Crippen LogP contribution in [-0.4, -0.2) is 25.2 Å². The zero-order chi connectivity index (χ0) is 23.3. The van der Waals surface area contributed by atoms with Gasteiger partial charge in [-0.3, -0.25) is 9.59 Å². The lowest BCUT2D eigenvalue weighted by Crippen LogP contribution is -2.29. The first-order chi connectivity index (χ1) is 15.7. The fourth-order valence-corrected chi connectivity index (χ4v) is 4.72. The number of carbonyl (C=O) groups is 2. The minimum absolute atomic E-state index is 0.0567. The standard InChI is InChI=1S/C28H52O4/c1-3-5-7-9-11-13-15-21-27(29)31-23-25-19-17-18-20-26(25)24-32-28(30)22-16-14-12-10-8-6-4-2/h25-26H,3-24H2,1-2H3. The summed E-state index contributed by atoms with van der Waals surface area (Å²) in [7, 11) is 0. The molecule has 0 bridgehead atoms. The van der Waals surface area contributed by atoms with E-state index >= 15 is 0 Å². The maximum Gasteiger partial charge on any atom is 0.305 e. The molecular weight excluding hydrogens is 400 g/mol. The van der Waals surface area contributed by atoms with Gasteiger partial charge >= 0.3 is 11.9 Å². The van der Waals surface area contributed by atoms with E-state index in [4.69, 9.17) is 9.47 Å². The van der Waals surface area contributed by atoms with E-state index < -0.39 is 0 Å². The van der Waals surface area contributed by atoms with Gasteiger partial charge < -0.3 is 9.47 Å². The second kappa shape index (κ2) is 20.5. The predicted octanol–water partition coefficient (Wildman–Crippen LogP) is 8.16. The lowest BCUT2D eigenvalue weighted by atomic mass is 9.80.